The summed E-state index contributed by atoms with van der Waals surface area (Å²) in [6, 6.07) is 11.6. The molecule has 4 heteroatoms. The van der Waals surface area contributed by atoms with Crippen LogP contribution in [-0.2, 0) is 0 Å². The lowest BCUT2D eigenvalue weighted by Gasteiger charge is -2.16. The molecule has 3 nitrogen and oxygen atoms in total. The van der Waals surface area contributed by atoms with Gasteiger partial charge >= 0.3 is 0 Å². The second-order valence-corrected chi connectivity index (χ2v) is 5.24. The van der Waals surface area contributed by atoms with Crippen molar-refractivity contribution in [3.63, 3.8) is 0 Å². The van der Waals surface area contributed by atoms with Gasteiger partial charge in [-0.1, -0.05) is 24.3 Å². The number of nitrogens with one attached hydrogen (secondary N) is 1. The Bertz CT molecular complexity index is 598. The Morgan fingerprint density at radius 1 is 1.26 bits per heavy atom. The van der Waals surface area contributed by atoms with Gasteiger partial charge in [0.15, 0.2) is 0 Å². The number of carbonyl (C=O) groups excluding carboxylic acids is 1. The standard InChI is InChI=1S/C15H15BrN2O/c1-10-6-3-4-7-12(10)11(2)18-15(19)14-13(16)8-5-9-17-14/h3-9,11H,1-2H3,(H,18,19). The summed E-state index contributed by atoms with van der Waals surface area (Å²) < 4.78 is 0.699. The topological polar surface area (TPSA) is 42.0 Å². The maximum Gasteiger partial charge on any atom is 0.271 e. The van der Waals surface area contributed by atoms with E-state index in [1.807, 2.05) is 38.1 Å². The first-order chi connectivity index (χ1) is 9.09. The van der Waals surface area contributed by atoms with Gasteiger partial charge in [0.1, 0.15) is 5.69 Å². The summed E-state index contributed by atoms with van der Waals surface area (Å²) in [5.74, 6) is -0.178. The summed E-state index contributed by atoms with van der Waals surface area (Å²) in [6.07, 6.45) is 1.61. The van der Waals surface area contributed by atoms with E-state index in [4.69, 9.17) is 0 Å². The predicted octanol–water partition coefficient (Wildman–Crippen LogP) is 3.64. The first-order valence-corrected chi connectivity index (χ1v) is 6.86. The van der Waals surface area contributed by atoms with Gasteiger partial charge < -0.3 is 5.32 Å². The average molecular weight is 319 g/mol. The van der Waals surface area contributed by atoms with Crippen LogP contribution in [0.3, 0.4) is 0 Å². The molecular weight excluding hydrogens is 304 g/mol. The minimum absolute atomic E-state index is 0.0531. The average Bonchev–Trinajstić information content (AvgIpc) is 2.39. The minimum atomic E-state index is -0.178. The molecule has 2 rings (SSSR count). The number of hydrogen-bond donors (Lipinski definition) is 1. The van der Waals surface area contributed by atoms with E-state index in [1.54, 1.807) is 18.3 Å². The van der Waals surface area contributed by atoms with Gasteiger partial charge in [0.2, 0.25) is 0 Å². The molecule has 1 N–H and O–H groups in total. The number of halogens is 1. The van der Waals surface area contributed by atoms with Crippen LogP contribution in [0.15, 0.2) is 47.1 Å². The third-order valence-corrected chi connectivity index (χ3v) is 3.62. The minimum Gasteiger partial charge on any atom is -0.344 e. The highest BCUT2D eigenvalue weighted by Gasteiger charge is 2.15. The number of nitrogens with zero attached hydrogens (tertiary/aromatic N) is 1. The zero-order valence-electron chi connectivity index (χ0n) is 10.9. The Kier molecular flexibility index (Phi) is 4.32. The Morgan fingerprint density at radius 3 is 2.68 bits per heavy atom. The molecule has 0 spiro atoms. The fourth-order valence-corrected chi connectivity index (χ4v) is 2.40. The molecule has 1 aromatic carbocycles. The van der Waals surface area contributed by atoms with Gasteiger partial charge in [0.25, 0.3) is 5.91 Å². The van der Waals surface area contributed by atoms with Crippen LogP contribution in [-0.4, -0.2) is 10.9 Å². The maximum absolute atomic E-state index is 12.2. The van der Waals surface area contributed by atoms with E-state index < -0.39 is 0 Å². The van der Waals surface area contributed by atoms with Crippen LogP contribution in [0.5, 0.6) is 0 Å². The molecule has 19 heavy (non-hydrogen) atoms. The number of rotatable bonds is 3. The molecule has 1 amide bonds. The Hall–Kier alpha value is -1.68. The number of benzene rings is 1. The molecule has 2 aromatic rings. The fraction of sp³-hybridized carbons (Fsp3) is 0.200. The summed E-state index contributed by atoms with van der Waals surface area (Å²) in [7, 11) is 0. The van der Waals surface area contributed by atoms with Crippen LogP contribution < -0.4 is 5.32 Å². The summed E-state index contributed by atoms with van der Waals surface area (Å²) in [6.45, 7) is 4.01. The third kappa shape index (κ3) is 3.20. The van der Waals surface area contributed by atoms with E-state index in [9.17, 15) is 4.79 Å². The fourth-order valence-electron chi connectivity index (χ4n) is 1.97. The summed E-state index contributed by atoms with van der Waals surface area (Å²) >= 11 is 3.33. The van der Waals surface area contributed by atoms with E-state index in [-0.39, 0.29) is 11.9 Å². The van der Waals surface area contributed by atoms with Crippen molar-refractivity contribution in [2.75, 3.05) is 0 Å². The van der Waals surface area contributed by atoms with Gasteiger partial charge in [-0.3, -0.25) is 4.79 Å². The van der Waals surface area contributed by atoms with Gasteiger partial charge in [-0.25, -0.2) is 4.98 Å². The SMILES string of the molecule is Cc1ccccc1C(C)NC(=O)c1ncccc1Br. The molecule has 0 aliphatic carbocycles. The Labute approximate surface area is 121 Å². The van der Waals surface area contributed by atoms with Crippen molar-refractivity contribution in [3.8, 4) is 0 Å². The van der Waals surface area contributed by atoms with Crippen LogP contribution in [0.2, 0.25) is 0 Å². The molecule has 0 radical (unpaired) electrons. The van der Waals surface area contributed by atoms with Gasteiger partial charge in [0.05, 0.1) is 6.04 Å². The molecule has 1 atom stereocenters. The van der Waals surface area contributed by atoms with Crippen molar-refractivity contribution in [1.82, 2.24) is 10.3 Å². The molecule has 1 unspecified atom stereocenters. The van der Waals surface area contributed by atoms with E-state index in [0.717, 1.165) is 11.1 Å². The molecular formula is C15H15BrN2O. The highest BCUT2D eigenvalue weighted by atomic mass is 79.9. The molecule has 98 valence electrons. The Balaban J connectivity index is 2.16. The van der Waals surface area contributed by atoms with Crippen molar-refractivity contribution in [2.45, 2.75) is 19.9 Å². The highest BCUT2D eigenvalue weighted by molar-refractivity contribution is 9.10. The summed E-state index contributed by atoms with van der Waals surface area (Å²) in [5.41, 5.74) is 2.68. The van der Waals surface area contributed by atoms with Crippen molar-refractivity contribution < 1.29 is 4.79 Å². The van der Waals surface area contributed by atoms with E-state index in [1.165, 1.54) is 0 Å². The third-order valence-electron chi connectivity index (χ3n) is 2.98. The smallest absolute Gasteiger partial charge is 0.271 e. The number of aryl methyl sites for hydroxylation is 1. The van der Waals surface area contributed by atoms with E-state index >= 15 is 0 Å². The molecule has 0 aliphatic heterocycles. The largest absolute Gasteiger partial charge is 0.344 e. The van der Waals surface area contributed by atoms with Crippen LogP contribution in [0.25, 0.3) is 0 Å². The molecule has 0 aliphatic rings. The Morgan fingerprint density at radius 2 is 2.00 bits per heavy atom. The lowest BCUT2D eigenvalue weighted by molar-refractivity contribution is 0.0934. The van der Waals surface area contributed by atoms with E-state index in [0.29, 0.717) is 10.2 Å². The predicted molar refractivity (Wildman–Crippen MR) is 79.0 cm³/mol. The molecule has 0 saturated heterocycles. The van der Waals surface area contributed by atoms with Crippen molar-refractivity contribution in [3.05, 3.63) is 63.9 Å². The lowest BCUT2D eigenvalue weighted by Crippen LogP contribution is -2.28. The monoisotopic (exact) mass is 318 g/mol. The van der Waals surface area contributed by atoms with Gasteiger partial charge in [-0.15, -0.1) is 0 Å². The highest BCUT2D eigenvalue weighted by Crippen LogP contribution is 2.18. The zero-order chi connectivity index (χ0) is 13.8. The van der Waals surface area contributed by atoms with Gasteiger partial charge in [0, 0.05) is 10.7 Å². The van der Waals surface area contributed by atoms with Crippen molar-refractivity contribution in [1.29, 1.82) is 0 Å². The molecule has 0 fully saturated rings. The lowest BCUT2D eigenvalue weighted by atomic mass is 10.0. The van der Waals surface area contributed by atoms with E-state index in [2.05, 4.69) is 26.2 Å². The maximum atomic E-state index is 12.2. The molecule has 1 aromatic heterocycles. The van der Waals surface area contributed by atoms with Crippen LogP contribution in [0.1, 0.15) is 34.6 Å². The molecule has 0 saturated carbocycles. The normalized spacial score (nSPS) is 11.9. The number of carbonyl (C=O) groups is 1. The second kappa shape index (κ2) is 5.97. The van der Waals surface area contributed by atoms with Crippen LogP contribution in [0.4, 0.5) is 0 Å². The zero-order valence-corrected chi connectivity index (χ0v) is 12.4. The summed E-state index contributed by atoms with van der Waals surface area (Å²) in [5, 5.41) is 2.96. The summed E-state index contributed by atoms with van der Waals surface area (Å²) in [4.78, 5) is 16.2. The first-order valence-electron chi connectivity index (χ1n) is 6.06. The number of amides is 1. The number of aromatic nitrogens is 1. The first kappa shape index (κ1) is 13.7. The second-order valence-electron chi connectivity index (χ2n) is 4.39. The quantitative estimate of drug-likeness (QED) is 0.938. The van der Waals surface area contributed by atoms with Crippen molar-refractivity contribution >= 4 is 21.8 Å². The molecule has 1 heterocycles. The van der Waals surface area contributed by atoms with Gasteiger partial charge in [-0.05, 0) is 53.0 Å². The number of pyridine rings is 1. The number of hydrogen-bond acceptors (Lipinski definition) is 2. The van der Waals surface area contributed by atoms with Crippen LogP contribution in [0, 0.1) is 6.92 Å². The van der Waals surface area contributed by atoms with Crippen molar-refractivity contribution in [2.24, 2.45) is 0 Å². The van der Waals surface area contributed by atoms with Gasteiger partial charge in [-0.2, -0.15) is 0 Å². The molecule has 0 bridgehead atoms. The van der Waals surface area contributed by atoms with Crippen LogP contribution >= 0.6 is 15.9 Å².